The zero-order chi connectivity index (χ0) is 25.3. The largest absolute Gasteiger partial charge is 0.433 e. The van der Waals surface area contributed by atoms with E-state index in [0.29, 0.717) is 17.0 Å². The first-order chi connectivity index (χ1) is 15.7. The first-order valence-corrected chi connectivity index (χ1v) is 8.96. The van der Waals surface area contributed by atoms with Gasteiger partial charge in [0.1, 0.15) is 12.2 Å². The van der Waals surface area contributed by atoms with E-state index in [1.54, 1.807) is 0 Å². The molecule has 0 bridgehead atoms. The lowest BCUT2D eigenvalue weighted by Gasteiger charge is -2.25. The van der Waals surface area contributed by atoms with Gasteiger partial charge < -0.3 is 9.32 Å². The van der Waals surface area contributed by atoms with Crippen molar-refractivity contribution in [3.8, 4) is 17.5 Å². The molecule has 15 heteroatoms. The van der Waals surface area contributed by atoms with Crippen molar-refractivity contribution in [3.63, 3.8) is 0 Å². The molecule has 0 unspecified atom stereocenters. The molecule has 6 nitrogen and oxygen atoms in total. The predicted molar refractivity (Wildman–Crippen MR) is 95.8 cm³/mol. The highest BCUT2D eigenvalue weighted by Crippen LogP contribution is 2.35. The Labute approximate surface area is 184 Å². The summed E-state index contributed by atoms with van der Waals surface area (Å²) in [6, 6.07) is 4.93. The maximum absolute atomic E-state index is 13.2. The fourth-order valence-corrected chi connectivity index (χ4v) is 2.80. The van der Waals surface area contributed by atoms with Gasteiger partial charge in [-0.1, -0.05) is 0 Å². The minimum atomic E-state index is -5.00. The monoisotopic (exact) mass is 495 g/mol. The summed E-state index contributed by atoms with van der Waals surface area (Å²) in [4.78, 5) is 3.67. The van der Waals surface area contributed by atoms with E-state index in [2.05, 4.69) is 15.2 Å². The molecule has 0 spiro atoms. The van der Waals surface area contributed by atoms with Crippen molar-refractivity contribution in [3.05, 3.63) is 59.2 Å². The topological polar surface area (TPSA) is 78.8 Å². The van der Waals surface area contributed by atoms with Crippen molar-refractivity contribution in [2.24, 2.45) is 0 Å². The Hall–Kier alpha value is -3.83. The van der Waals surface area contributed by atoms with Crippen LogP contribution in [0.2, 0.25) is 0 Å². The van der Waals surface area contributed by atoms with Crippen LogP contribution < -0.4 is 4.90 Å². The summed E-state index contributed by atoms with van der Waals surface area (Å²) >= 11 is 0. The molecule has 0 saturated heterocycles. The van der Waals surface area contributed by atoms with Crippen LogP contribution in [0.25, 0.3) is 11.5 Å². The van der Waals surface area contributed by atoms with Crippen LogP contribution in [0.3, 0.4) is 0 Å². The Morgan fingerprint density at radius 3 is 2.15 bits per heavy atom. The number of rotatable bonds is 5. The molecule has 0 aliphatic heterocycles. The third-order valence-electron chi connectivity index (χ3n) is 4.26. The van der Waals surface area contributed by atoms with Gasteiger partial charge in [0.2, 0.25) is 11.8 Å². The number of aromatic nitrogens is 3. The molecule has 3 aromatic rings. The fraction of sp³-hybridized carbons (Fsp3) is 0.263. The van der Waals surface area contributed by atoms with Crippen LogP contribution in [0.5, 0.6) is 0 Å². The number of nitriles is 1. The van der Waals surface area contributed by atoms with Crippen molar-refractivity contribution in [1.29, 1.82) is 5.26 Å². The minimum Gasteiger partial charge on any atom is -0.419 e. The second-order valence-corrected chi connectivity index (χ2v) is 6.74. The average Bonchev–Trinajstić information content (AvgIpc) is 3.19. The standard InChI is InChI=1S/C19H10F9N5O/c20-17(21,22)9-33(12-3-1-10(6-29)13(5-12)18(23,24)25)8-15-31-32-16(34-15)11-2-4-14(30-7-11)19(26,27)28/h1-5,7H,8-9H2. The Morgan fingerprint density at radius 1 is 0.912 bits per heavy atom. The minimum absolute atomic E-state index is 0.0631. The maximum atomic E-state index is 13.2. The number of halogens is 9. The third-order valence-corrected chi connectivity index (χ3v) is 4.26. The highest BCUT2D eigenvalue weighted by molar-refractivity contribution is 5.55. The second-order valence-electron chi connectivity index (χ2n) is 6.74. The van der Waals surface area contributed by atoms with Crippen LogP contribution in [0.1, 0.15) is 22.7 Å². The van der Waals surface area contributed by atoms with Crippen molar-refractivity contribution in [2.45, 2.75) is 25.1 Å². The lowest BCUT2D eigenvalue weighted by Crippen LogP contribution is -2.34. The molecule has 2 aromatic heterocycles. The molecule has 0 fully saturated rings. The Bertz CT molecular complexity index is 1190. The number of alkyl halides is 9. The van der Waals surface area contributed by atoms with E-state index < -0.39 is 60.0 Å². The molecule has 3 rings (SSSR count). The number of nitrogens with zero attached hydrogens (tertiary/aromatic N) is 5. The van der Waals surface area contributed by atoms with Crippen molar-refractivity contribution in [1.82, 2.24) is 15.2 Å². The summed E-state index contributed by atoms with van der Waals surface area (Å²) in [5.74, 6) is -0.823. The van der Waals surface area contributed by atoms with Gasteiger partial charge in [-0.2, -0.15) is 44.8 Å². The number of hydrogen-bond acceptors (Lipinski definition) is 6. The van der Waals surface area contributed by atoms with E-state index in [9.17, 15) is 39.5 Å². The molecule has 0 aliphatic carbocycles. The van der Waals surface area contributed by atoms with E-state index in [4.69, 9.17) is 9.68 Å². The van der Waals surface area contributed by atoms with Crippen LogP contribution in [0.15, 0.2) is 40.9 Å². The summed E-state index contributed by atoms with van der Waals surface area (Å²) in [6.45, 7) is -2.49. The molecular weight excluding hydrogens is 485 g/mol. The van der Waals surface area contributed by atoms with E-state index in [1.165, 1.54) is 6.07 Å². The molecule has 0 amide bonds. The van der Waals surface area contributed by atoms with Gasteiger partial charge in [0.15, 0.2) is 0 Å². The van der Waals surface area contributed by atoms with Gasteiger partial charge in [-0.15, -0.1) is 10.2 Å². The third kappa shape index (κ3) is 5.94. The first kappa shape index (κ1) is 24.8. The van der Waals surface area contributed by atoms with Crippen LogP contribution in [0.4, 0.5) is 45.2 Å². The molecule has 0 N–H and O–H groups in total. The molecular formula is C19H10F9N5O. The smallest absolute Gasteiger partial charge is 0.419 e. The number of hydrogen-bond donors (Lipinski definition) is 0. The molecule has 0 radical (unpaired) electrons. The number of benzene rings is 1. The highest BCUT2D eigenvalue weighted by atomic mass is 19.4. The molecule has 180 valence electrons. The van der Waals surface area contributed by atoms with E-state index >= 15 is 0 Å². The molecule has 34 heavy (non-hydrogen) atoms. The highest BCUT2D eigenvalue weighted by Gasteiger charge is 2.36. The zero-order valence-corrected chi connectivity index (χ0v) is 16.4. The lowest BCUT2D eigenvalue weighted by atomic mass is 10.1. The second kappa shape index (κ2) is 8.84. The molecule has 0 saturated carbocycles. The van der Waals surface area contributed by atoms with Gasteiger partial charge in [-0.05, 0) is 30.3 Å². The van der Waals surface area contributed by atoms with Crippen molar-refractivity contribution >= 4 is 5.69 Å². The number of pyridine rings is 1. The molecule has 0 aliphatic rings. The average molecular weight is 495 g/mol. The van der Waals surface area contributed by atoms with Crippen LogP contribution in [-0.2, 0) is 18.9 Å². The molecule has 2 heterocycles. The fourth-order valence-electron chi connectivity index (χ4n) is 2.80. The summed E-state index contributed by atoms with van der Waals surface area (Å²) in [7, 11) is 0. The van der Waals surface area contributed by atoms with Gasteiger partial charge in [-0.3, -0.25) is 4.98 Å². The summed E-state index contributed by atoms with van der Waals surface area (Å²) in [5, 5.41) is 15.9. The normalized spacial score (nSPS) is 12.5. The zero-order valence-electron chi connectivity index (χ0n) is 16.4. The molecule has 0 atom stereocenters. The van der Waals surface area contributed by atoms with Crippen LogP contribution in [-0.4, -0.2) is 27.9 Å². The predicted octanol–water partition coefficient (Wildman–Crippen LogP) is 5.61. The van der Waals surface area contributed by atoms with E-state index in [0.717, 1.165) is 24.4 Å². The quantitative estimate of drug-likeness (QED) is 0.429. The van der Waals surface area contributed by atoms with Crippen molar-refractivity contribution in [2.75, 3.05) is 11.4 Å². The van der Waals surface area contributed by atoms with Gasteiger partial charge in [0.25, 0.3) is 0 Å². The van der Waals surface area contributed by atoms with E-state index in [-0.39, 0.29) is 11.5 Å². The summed E-state index contributed by atoms with van der Waals surface area (Å²) in [5.41, 5.74) is -4.00. The van der Waals surface area contributed by atoms with Crippen LogP contribution in [0, 0.1) is 11.3 Å². The van der Waals surface area contributed by atoms with E-state index in [1.807, 2.05) is 0 Å². The summed E-state index contributed by atoms with van der Waals surface area (Å²) < 4.78 is 122. The van der Waals surface area contributed by atoms with Gasteiger partial charge in [0.05, 0.1) is 29.3 Å². The lowest BCUT2D eigenvalue weighted by molar-refractivity contribution is -0.141. The van der Waals surface area contributed by atoms with Gasteiger partial charge in [0, 0.05) is 11.9 Å². The van der Waals surface area contributed by atoms with Crippen LogP contribution >= 0.6 is 0 Å². The maximum Gasteiger partial charge on any atom is 0.433 e. The SMILES string of the molecule is N#Cc1ccc(N(Cc2nnc(-c3ccc(C(F)(F)F)nc3)o2)CC(F)(F)F)cc1C(F)(F)F. The van der Waals surface area contributed by atoms with Crippen molar-refractivity contribution < 1.29 is 43.9 Å². The Balaban J connectivity index is 1.92. The Kier molecular flexibility index (Phi) is 6.45. The summed E-state index contributed by atoms with van der Waals surface area (Å²) in [6.07, 6.45) is -13.8. The van der Waals surface area contributed by atoms with Gasteiger partial charge in [-0.25, -0.2) is 0 Å². The van der Waals surface area contributed by atoms with Gasteiger partial charge >= 0.3 is 18.5 Å². The first-order valence-electron chi connectivity index (χ1n) is 8.96. The number of anilines is 1. The molecule has 1 aromatic carbocycles. The Morgan fingerprint density at radius 2 is 1.62 bits per heavy atom.